The van der Waals surface area contributed by atoms with Gasteiger partial charge in [0.05, 0.1) is 48.9 Å². The molecule has 2 aliphatic rings. The van der Waals surface area contributed by atoms with E-state index in [1.807, 2.05) is 18.2 Å². The second kappa shape index (κ2) is 15.6. The molecule has 4 aromatic rings. The van der Waals surface area contributed by atoms with Crippen LogP contribution in [-0.2, 0) is 15.7 Å². The molecular formula is C32H32BrCl2F3N10O3. The summed E-state index contributed by atoms with van der Waals surface area (Å²) in [6, 6.07) is 10.7. The van der Waals surface area contributed by atoms with Gasteiger partial charge in [0.15, 0.2) is 0 Å². The van der Waals surface area contributed by atoms with Gasteiger partial charge in [-0.2, -0.15) is 23.1 Å². The van der Waals surface area contributed by atoms with E-state index in [2.05, 4.69) is 57.1 Å². The Morgan fingerprint density at radius 3 is 1.94 bits per heavy atom. The van der Waals surface area contributed by atoms with Crippen molar-refractivity contribution in [1.29, 1.82) is 0 Å². The van der Waals surface area contributed by atoms with Gasteiger partial charge in [-0.1, -0.05) is 35.3 Å². The van der Waals surface area contributed by atoms with Crippen LogP contribution >= 0.6 is 39.1 Å². The number of alkyl halides is 3. The largest absolute Gasteiger partial charge is 0.421 e. The summed E-state index contributed by atoms with van der Waals surface area (Å²) in [4.78, 5) is 33.6. The topological polar surface area (TPSA) is 142 Å². The van der Waals surface area contributed by atoms with E-state index in [1.54, 1.807) is 35.0 Å². The van der Waals surface area contributed by atoms with Crippen molar-refractivity contribution in [2.24, 2.45) is 0 Å². The zero-order chi connectivity index (χ0) is 36.3. The molecule has 51 heavy (non-hydrogen) atoms. The monoisotopic (exact) mass is 810 g/mol. The van der Waals surface area contributed by atoms with Crippen LogP contribution in [0.25, 0.3) is 0 Å². The van der Waals surface area contributed by atoms with E-state index < -0.39 is 17.8 Å². The van der Waals surface area contributed by atoms with Crippen molar-refractivity contribution in [3.05, 3.63) is 80.0 Å². The van der Waals surface area contributed by atoms with Crippen LogP contribution in [0.5, 0.6) is 0 Å². The third-order valence-electron chi connectivity index (χ3n) is 8.21. The van der Waals surface area contributed by atoms with E-state index in [-0.39, 0.29) is 28.9 Å². The third kappa shape index (κ3) is 8.49. The Morgan fingerprint density at radius 2 is 1.37 bits per heavy atom. The average Bonchev–Trinajstić information content (AvgIpc) is 3.13. The Labute approximate surface area is 309 Å². The fourth-order valence-electron chi connectivity index (χ4n) is 5.60. The minimum atomic E-state index is -4.61. The van der Waals surface area contributed by atoms with E-state index in [4.69, 9.17) is 32.7 Å². The van der Waals surface area contributed by atoms with Crippen LogP contribution in [0.15, 0.2) is 53.3 Å². The Morgan fingerprint density at radius 1 is 0.824 bits per heavy atom. The highest BCUT2D eigenvalue weighted by atomic mass is 79.9. The zero-order valence-electron chi connectivity index (χ0n) is 27.2. The number of amides is 2. The molecule has 2 amide bonds. The summed E-state index contributed by atoms with van der Waals surface area (Å²) in [6.07, 6.45) is -3.19. The first-order chi connectivity index (χ1) is 24.4. The molecular weight excluding hydrogens is 780 g/mol. The van der Waals surface area contributed by atoms with E-state index in [1.165, 1.54) is 13.2 Å². The molecule has 4 N–H and O–H groups in total. The molecule has 0 saturated carbocycles. The number of aromatic nitrogens is 4. The van der Waals surface area contributed by atoms with Crippen LogP contribution < -0.4 is 21.3 Å². The quantitative estimate of drug-likeness (QED) is 0.141. The number of ether oxygens (including phenoxy) is 2. The second-order valence-corrected chi connectivity index (χ2v) is 13.1. The van der Waals surface area contributed by atoms with Crippen molar-refractivity contribution in [3.8, 4) is 0 Å². The third-order valence-corrected chi connectivity index (χ3v) is 9.45. The Hall–Kier alpha value is -4.16. The van der Waals surface area contributed by atoms with Gasteiger partial charge in [0.1, 0.15) is 34.4 Å². The second-order valence-electron chi connectivity index (χ2n) is 11.5. The summed E-state index contributed by atoms with van der Waals surface area (Å²) in [7, 11) is 3.07. The average molecular weight is 812 g/mol. The van der Waals surface area contributed by atoms with Gasteiger partial charge in [0.2, 0.25) is 11.9 Å². The van der Waals surface area contributed by atoms with Crippen LogP contribution in [0.4, 0.5) is 52.9 Å². The summed E-state index contributed by atoms with van der Waals surface area (Å²) in [5, 5.41) is 12.1. The molecule has 13 nitrogen and oxygen atoms in total. The van der Waals surface area contributed by atoms with Crippen molar-refractivity contribution in [2.45, 2.75) is 18.4 Å². The predicted molar refractivity (Wildman–Crippen MR) is 191 cm³/mol. The van der Waals surface area contributed by atoms with Crippen LogP contribution in [0, 0.1) is 0 Å². The lowest BCUT2D eigenvalue weighted by molar-refractivity contribution is -0.137. The van der Waals surface area contributed by atoms with E-state index in [0.717, 1.165) is 21.3 Å². The van der Waals surface area contributed by atoms with E-state index in [9.17, 15) is 18.0 Å². The Kier molecular flexibility index (Phi) is 11.2. The van der Waals surface area contributed by atoms with Crippen molar-refractivity contribution >= 4 is 80.1 Å². The van der Waals surface area contributed by atoms with Gasteiger partial charge in [-0.05, 0) is 51.3 Å². The molecule has 4 heterocycles. The predicted octanol–water partition coefficient (Wildman–Crippen LogP) is 7.49. The smallest absolute Gasteiger partial charge is 0.372 e. The maximum Gasteiger partial charge on any atom is 0.421 e. The zero-order valence-corrected chi connectivity index (χ0v) is 30.3. The molecule has 2 atom stereocenters. The lowest BCUT2D eigenvalue weighted by Gasteiger charge is -2.39. The number of hydrogen-bond donors (Lipinski definition) is 4. The summed E-state index contributed by atoms with van der Waals surface area (Å²) >= 11 is 16.3. The minimum Gasteiger partial charge on any atom is -0.372 e. The molecule has 19 heteroatoms. The Balaban J connectivity index is 1.08. The maximum atomic E-state index is 13.7. The first-order valence-corrected chi connectivity index (χ1v) is 17.2. The number of anilines is 6. The molecule has 0 bridgehead atoms. The summed E-state index contributed by atoms with van der Waals surface area (Å²) in [6.45, 7) is 2.20. The summed E-state index contributed by atoms with van der Waals surface area (Å²) in [5.41, 5.74) is 1.78. The Bertz CT molecular complexity index is 1910. The molecule has 2 saturated heterocycles. The van der Waals surface area contributed by atoms with Crippen molar-refractivity contribution in [1.82, 2.24) is 29.7 Å². The number of benzene rings is 2. The lowest BCUT2D eigenvalue weighted by atomic mass is 10.1. The molecule has 0 spiro atoms. The summed E-state index contributed by atoms with van der Waals surface area (Å²) < 4.78 is 52.6. The standard InChI is InChI=1S/C32H32BrCl2F3N10O3/c1-39-27-19(32(36,37)38)13-41-29(45-27)44-24-6-4-18(12-21(24)34)26-16-48(8-10-51-26)31(49)47-7-9-50-25(15-47)17-3-5-23(20(33)11-17)43-30-42-14-22(35)28(40-2)46-30/h3-6,11-14,25-26H,7-10,15-16H2,1-2H3,(H2,39,41,44,45)(H2,40,42,43,46). The van der Waals surface area contributed by atoms with Crippen molar-refractivity contribution < 1.29 is 27.4 Å². The van der Waals surface area contributed by atoms with Crippen LogP contribution in [0.3, 0.4) is 0 Å². The van der Waals surface area contributed by atoms with Gasteiger partial charge in [-0.15, -0.1) is 0 Å². The molecule has 2 aliphatic heterocycles. The molecule has 2 fully saturated rings. The molecule has 6 rings (SSSR count). The van der Waals surface area contributed by atoms with Crippen LogP contribution in [0.1, 0.15) is 28.9 Å². The highest BCUT2D eigenvalue weighted by Gasteiger charge is 2.35. The highest BCUT2D eigenvalue weighted by Crippen LogP contribution is 2.36. The SMILES string of the molecule is CNc1nc(Nc2ccc(C3CN(C(=O)N4CCOC(c5ccc(Nc6ncc(C(F)(F)F)c(NC)n6)c(Cl)c5)C4)CCO3)cc2Br)ncc1Cl. The fourth-order valence-corrected chi connectivity index (χ4v) is 6.52. The first-order valence-electron chi connectivity index (χ1n) is 15.7. The number of carbonyl (C=O) groups excluding carboxylic acids is 1. The van der Waals surface area contributed by atoms with Crippen molar-refractivity contribution in [2.75, 3.05) is 74.8 Å². The van der Waals surface area contributed by atoms with Crippen LogP contribution in [0.2, 0.25) is 10.0 Å². The minimum absolute atomic E-state index is 0.0627. The number of urea groups is 1. The molecule has 2 aromatic heterocycles. The lowest BCUT2D eigenvalue weighted by Crippen LogP contribution is -2.52. The number of rotatable bonds is 8. The number of carbonyl (C=O) groups is 1. The molecule has 0 aliphatic carbocycles. The number of nitrogens with one attached hydrogen (secondary N) is 4. The number of halogens is 6. The van der Waals surface area contributed by atoms with Crippen molar-refractivity contribution in [3.63, 3.8) is 0 Å². The molecule has 2 unspecified atom stereocenters. The van der Waals surface area contributed by atoms with Gasteiger partial charge >= 0.3 is 12.2 Å². The van der Waals surface area contributed by atoms with Crippen LogP contribution in [-0.4, -0.2) is 89.3 Å². The normalized spacial score (nSPS) is 18.0. The molecule has 2 aromatic carbocycles. The van der Waals surface area contributed by atoms with Gasteiger partial charge < -0.3 is 40.5 Å². The number of morpholine rings is 2. The first kappa shape index (κ1) is 36.6. The van der Waals surface area contributed by atoms with E-state index >= 15 is 0 Å². The maximum absolute atomic E-state index is 13.7. The van der Waals surface area contributed by atoms with Gasteiger partial charge in [0.25, 0.3) is 0 Å². The van der Waals surface area contributed by atoms with E-state index in [0.29, 0.717) is 68.1 Å². The summed E-state index contributed by atoms with van der Waals surface area (Å²) in [5.74, 6) is 0.443. The van der Waals surface area contributed by atoms with Gasteiger partial charge in [-0.25, -0.2) is 14.8 Å². The van der Waals surface area contributed by atoms with Gasteiger partial charge in [-0.3, -0.25) is 0 Å². The molecule has 270 valence electrons. The number of hydrogen-bond acceptors (Lipinski definition) is 11. The fraction of sp³-hybridized carbons (Fsp3) is 0.344. The molecule has 0 radical (unpaired) electrons. The van der Waals surface area contributed by atoms with Gasteiger partial charge in [0, 0.05) is 37.9 Å². The number of nitrogens with zero attached hydrogens (tertiary/aromatic N) is 6. The highest BCUT2D eigenvalue weighted by molar-refractivity contribution is 9.10.